The van der Waals surface area contributed by atoms with Crippen LogP contribution in [0.15, 0.2) is 30.5 Å². The third kappa shape index (κ3) is 3.79. The zero-order valence-corrected chi connectivity index (χ0v) is 13.8. The molecule has 0 amide bonds. The third-order valence-corrected chi connectivity index (χ3v) is 4.61. The van der Waals surface area contributed by atoms with E-state index in [1.165, 1.54) is 11.6 Å². The second-order valence-electron chi connectivity index (χ2n) is 6.18. The Morgan fingerprint density at radius 1 is 1.43 bits per heavy atom. The molecule has 1 aromatic heterocycles. The number of nitrogens with zero attached hydrogens (tertiary/aromatic N) is 2. The molecule has 3 rings (SSSR count). The predicted octanol–water partition coefficient (Wildman–Crippen LogP) is 2.92. The lowest BCUT2D eigenvalue weighted by Crippen LogP contribution is -2.32. The lowest BCUT2D eigenvalue weighted by Gasteiger charge is -2.20. The zero-order chi connectivity index (χ0) is 16.2. The molecule has 1 aromatic carbocycles. The fourth-order valence-corrected chi connectivity index (χ4v) is 3.17. The summed E-state index contributed by atoms with van der Waals surface area (Å²) in [6.45, 7) is 3.76. The van der Waals surface area contributed by atoms with Gasteiger partial charge >= 0.3 is 0 Å². The largest absolute Gasteiger partial charge is 0.372 e. The van der Waals surface area contributed by atoms with Gasteiger partial charge in [0.1, 0.15) is 11.9 Å². The van der Waals surface area contributed by atoms with Crippen molar-refractivity contribution in [1.82, 2.24) is 15.1 Å². The number of benzene rings is 1. The van der Waals surface area contributed by atoms with Gasteiger partial charge in [-0.05, 0) is 50.4 Å². The summed E-state index contributed by atoms with van der Waals surface area (Å²) < 4.78 is 21.0. The summed E-state index contributed by atoms with van der Waals surface area (Å²) in [6.07, 6.45) is 4.87. The maximum absolute atomic E-state index is 13.2. The summed E-state index contributed by atoms with van der Waals surface area (Å²) in [5.41, 5.74) is 3.38. The number of nitrogens with one attached hydrogen (secondary N) is 1. The first-order valence-corrected chi connectivity index (χ1v) is 8.23. The number of hydrogen-bond acceptors (Lipinski definition) is 3. The van der Waals surface area contributed by atoms with Crippen molar-refractivity contribution in [2.45, 2.75) is 38.3 Å². The Hall–Kier alpha value is -1.72. The van der Waals surface area contributed by atoms with Crippen molar-refractivity contribution in [3.63, 3.8) is 0 Å². The van der Waals surface area contributed by atoms with E-state index in [2.05, 4.69) is 17.3 Å². The van der Waals surface area contributed by atoms with Crippen molar-refractivity contribution >= 4 is 0 Å². The van der Waals surface area contributed by atoms with E-state index in [9.17, 15) is 4.39 Å². The van der Waals surface area contributed by atoms with Gasteiger partial charge < -0.3 is 10.1 Å². The van der Waals surface area contributed by atoms with Crippen molar-refractivity contribution in [3.05, 3.63) is 53.1 Å². The van der Waals surface area contributed by atoms with E-state index < -0.39 is 0 Å². The second kappa shape index (κ2) is 7.23. The number of halogens is 1. The van der Waals surface area contributed by atoms with Crippen LogP contribution in [0.2, 0.25) is 0 Å². The van der Waals surface area contributed by atoms with E-state index in [0.717, 1.165) is 43.7 Å². The smallest absolute Gasteiger partial charge is 0.123 e. The summed E-state index contributed by atoms with van der Waals surface area (Å²) in [5, 5.41) is 7.91. The number of aryl methyl sites for hydroxylation is 2. The molecule has 4 nitrogen and oxygen atoms in total. The summed E-state index contributed by atoms with van der Waals surface area (Å²) >= 11 is 0. The van der Waals surface area contributed by atoms with Crippen molar-refractivity contribution in [1.29, 1.82) is 0 Å². The number of aromatic nitrogens is 2. The summed E-state index contributed by atoms with van der Waals surface area (Å²) in [6, 6.07) is 7.16. The van der Waals surface area contributed by atoms with Crippen molar-refractivity contribution in [2.24, 2.45) is 7.05 Å². The van der Waals surface area contributed by atoms with Crippen LogP contribution in [0.3, 0.4) is 0 Å². The van der Waals surface area contributed by atoms with E-state index in [0.29, 0.717) is 6.04 Å². The van der Waals surface area contributed by atoms with Gasteiger partial charge in [-0.2, -0.15) is 5.10 Å². The minimum Gasteiger partial charge on any atom is -0.372 e. The van der Waals surface area contributed by atoms with Gasteiger partial charge in [0.15, 0.2) is 0 Å². The first-order valence-electron chi connectivity index (χ1n) is 8.23. The first kappa shape index (κ1) is 16.1. The van der Waals surface area contributed by atoms with Gasteiger partial charge in [0.05, 0.1) is 6.20 Å². The molecule has 5 heteroatoms. The van der Waals surface area contributed by atoms with Crippen LogP contribution in [-0.4, -0.2) is 29.0 Å². The van der Waals surface area contributed by atoms with Crippen molar-refractivity contribution < 1.29 is 9.13 Å². The monoisotopic (exact) mass is 317 g/mol. The van der Waals surface area contributed by atoms with E-state index in [4.69, 9.17) is 4.74 Å². The average molecular weight is 317 g/mol. The highest BCUT2D eigenvalue weighted by molar-refractivity contribution is 5.22. The molecule has 23 heavy (non-hydrogen) atoms. The predicted molar refractivity (Wildman–Crippen MR) is 87.8 cm³/mol. The van der Waals surface area contributed by atoms with Crippen LogP contribution in [0.5, 0.6) is 0 Å². The number of ether oxygens (including phenoxy) is 1. The lowest BCUT2D eigenvalue weighted by atomic mass is 10.0. The van der Waals surface area contributed by atoms with Crippen LogP contribution >= 0.6 is 0 Å². The minimum absolute atomic E-state index is 0.0814. The fourth-order valence-electron chi connectivity index (χ4n) is 3.17. The highest BCUT2D eigenvalue weighted by Crippen LogP contribution is 2.30. The molecule has 2 aromatic rings. The van der Waals surface area contributed by atoms with Gasteiger partial charge in [-0.3, -0.25) is 4.68 Å². The molecule has 0 aliphatic carbocycles. The third-order valence-electron chi connectivity index (χ3n) is 4.61. The highest BCUT2D eigenvalue weighted by atomic mass is 19.1. The van der Waals surface area contributed by atoms with Crippen molar-refractivity contribution in [3.8, 4) is 0 Å². The Morgan fingerprint density at radius 2 is 2.30 bits per heavy atom. The zero-order valence-electron chi connectivity index (χ0n) is 13.8. The Morgan fingerprint density at radius 3 is 3.04 bits per heavy atom. The molecule has 1 N–H and O–H groups in total. The van der Waals surface area contributed by atoms with E-state index >= 15 is 0 Å². The van der Waals surface area contributed by atoms with E-state index in [1.54, 1.807) is 12.1 Å². The van der Waals surface area contributed by atoms with Gasteiger partial charge in [-0.25, -0.2) is 4.39 Å². The molecular formula is C18H24FN3O. The van der Waals surface area contributed by atoms with E-state index in [-0.39, 0.29) is 11.9 Å². The molecule has 0 saturated carbocycles. The van der Waals surface area contributed by atoms with Crippen molar-refractivity contribution in [2.75, 3.05) is 13.2 Å². The Balaban J connectivity index is 1.50. The van der Waals surface area contributed by atoms with Crippen LogP contribution in [0, 0.1) is 12.7 Å². The molecule has 1 saturated heterocycles. The molecular weight excluding hydrogens is 293 g/mol. The topological polar surface area (TPSA) is 39.1 Å². The Bertz CT molecular complexity index is 655. The molecule has 1 fully saturated rings. The van der Waals surface area contributed by atoms with Crippen LogP contribution in [-0.2, 0) is 18.2 Å². The maximum Gasteiger partial charge on any atom is 0.123 e. The van der Waals surface area contributed by atoms with Crippen LogP contribution in [0.25, 0.3) is 0 Å². The van der Waals surface area contributed by atoms with Crippen LogP contribution < -0.4 is 5.32 Å². The minimum atomic E-state index is -0.160. The second-order valence-corrected chi connectivity index (χ2v) is 6.18. The summed E-state index contributed by atoms with van der Waals surface area (Å²) in [4.78, 5) is 0. The molecule has 0 bridgehead atoms. The maximum atomic E-state index is 13.2. The Kier molecular flexibility index (Phi) is 5.08. The van der Waals surface area contributed by atoms with Gasteiger partial charge in [0.2, 0.25) is 0 Å². The molecule has 1 aliphatic rings. The molecule has 124 valence electrons. The Labute approximate surface area is 136 Å². The molecule has 1 aliphatic heterocycles. The standard InChI is InChI=1S/C18H24FN3O/c1-13-16(12-21-22(13)2)18-17(8-10-23-18)20-9-4-6-14-5-3-7-15(19)11-14/h3,5,7,11-12,17-18,20H,4,6,8-10H2,1-2H3/t17-,18+/m0/s1. The highest BCUT2D eigenvalue weighted by Gasteiger charge is 2.31. The first-order chi connectivity index (χ1) is 11.1. The number of hydrogen-bond donors (Lipinski definition) is 1. The quantitative estimate of drug-likeness (QED) is 0.833. The lowest BCUT2D eigenvalue weighted by molar-refractivity contribution is 0.0982. The summed E-state index contributed by atoms with van der Waals surface area (Å²) in [5.74, 6) is -0.160. The molecule has 2 heterocycles. The fraction of sp³-hybridized carbons (Fsp3) is 0.500. The normalized spacial score (nSPS) is 21.0. The SMILES string of the molecule is Cc1c([C@H]2OCC[C@@H]2NCCCc2cccc(F)c2)cnn1C. The van der Waals surface area contributed by atoms with E-state index in [1.807, 2.05) is 24.0 Å². The van der Waals surface area contributed by atoms with Gasteiger partial charge in [-0.15, -0.1) is 0 Å². The molecule has 0 radical (unpaired) electrons. The van der Waals surface area contributed by atoms with Gasteiger partial charge in [-0.1, -0.05) is 12.1 Å². The number of rotatable bonds is 6. The molecule has 0 unspecified atom stereocenters. The summed E-state index contributed by atoms with van der Waals surface area (Å²) in [7, 11) is 1.95. The molecule has 0 spiro atoms. The van der Waals surface area contributed by atoms with Gasteiger partial charge in [0.25, 0.3) is 0 Å². The molecule has 2 atom stereocenters. The van der Waals surface area contributed by atoms with Crippen LogP contribution in [0.4, 0.5) is 4.39 Å². The van der Waals surface area contributed by atoms with Gasteiger partial charge in [0, 0.05) is 31.0 Å². The van der Waals surface area contributed by atoms with Crippen LogP contribution in [0.1, 0.15) is 35.8 Å². The average Bonchev–Trinajstić information content (AvgIpc) is 3.11.